The Hall–Kier alpha value is 0.804. The van der Waals surface area contributed by atoms with Gasteiger partial charge in [-0.1, -0.05) is 0 Å². The molecule has 36 valence electrons. The third-order valence-corrected chi connectivity index (χ3v) is 0. The van der Waals surface area contributed by atoms with Crippen LogP contribution in [0.3, 0.4) is 0 Å². The van der Waals surface area contributed by atoms with Gasteiger partial charge >= 0.3 is 40.8 Å². The van der Waals surface area contributed by atoms with Crippen LogP contribution in [0, 0.1) is 0 Å². The van der Waals surface area contributed by atoms with Gasteiger partial charge in [0.2, 0.25) is 0 Å². The first kappa shape index (κ1) is 15.8. The normalized spacial score (nSPS) is 1.83. The van der Waals surface area contributed by atoms with E-state index in [9.17, 15) is 0 Å². The Bertz CT molecular complexity index is 15.5. The van der Waals surface area contributed by atoms with Crippen molar-refractivity contribution in [1.82, 2.24) is 0 Å². The van der Waals surface area contributed by atoms with Gasteiger partial charge < -0.3 is 0 Å². The molecule has 0 fully saturated rings. The summed E-state index contributed by atoms with van der Waals surface area (Å²) in [7, 11) is 1.72. The van der Waals surface area contributed by atoms with E-state index >= 15 is 0 Å². The van der Waals surface area contributed by atoms with Crippen LogP contribution in [-0.2, 0) is 45.4 Å². The predicted molar refractivity (Wildman–Crippen MR) is 10.4 cm³/mol. The molecule has 0 aliphatic carbocycles. The minimum atomic E-state index is 1.06. The Kier molecular flexibility index (Phi) is 547. The van der Waals surface area contributed by atoms with E-state index in [4.69, 9.17) is 12.1 Å². The van der Waals surface area contributed by atoms with Gasteiger partial charge in [0, 0.05) is 0 Å². The molecule has 0 bridgehead atoms. The van der Waals surface area contributed by atoms with Crippen molar-refractivity contribution >= 4 is 9.12 Å². The van der Waals surface area contributed by atoms with Gasteiger partial charge in [-0.2, -0.15) is 0 Å². The van der Waals surface area contributed by atoms with Crippen molar-refractivity contribution < 1.29 is 45.4 Å². The zero-order valence-electron chi connectivity index (χ0n) is 2.55. The van der Waals surface area contributed by atoms with Gasteiger partial charge in [-0.25, -0.2) is 0 Å². The third-order valence-electron chi connectivity index (χ3n) is 0. The molecule has 0 heterocycles. The molecule has 0 aromatic carbocycles. The Labute approximate surface area is 54.7 Å². The Morgan fingerprint density at radius 3 is 1.17 bits per heavy atom. The van der Waals surface area contributed by atoms with E-state index < -0.39 is 0 Å². The van der Waals surface area contributed by atoms with Crippen LogP contribution in [-0.4, -0.2) is 0 Å². The van der Waals surface area contributed by atoms with Crippen molar-refractivity contribution in [2.45, 2.75) is 0 Å². The van der Waals surface area contributed by atoms with E-state index in [1.54, 1.807) is 25.1 Å². The minimum absolute atomic E-state index is 1.06. The first-order valence-corrected chi connectivity index (χ1v) is 2.00. The molecule has 6 heavy (non-hydrogen) atoms. The Morgan fingerprint density at radius 1 is 1.17 bits per heavy atom. The fourth-order valence-corrected chi connectivity index (χ4v) is 0. The van der Waals surface area contributed by atoms with Gasteiger partial charge in [0.05, 0.1) is 0 Å². The Balaban J connectivity index is -0.0000000225. The molecule has 6 heteroatoms. The number of hydrogen-bond acceptors (Lipinski definition) is 3. The summed E-state index contributed by atoms with van der Waals surface area (Å²) in [4.78, 5) is 0. The number of hydrogen-bond donors (Lipinski definition) is 0. The van der Waals surface area contributed by atoms with Crippen LogP contribution >= 0.6 is 9.12 Å². The molecule has 0 saturated carbocycles. The van der Waals surface area contributed by atoms with Gasteiger partial charge in [0.1, 0.15) is 9.12 Å². The van der Waals surface area contributed by atoms with E-state index in [1.165, 1.54) is 0 Å². The summed E-state index contributed by atoms with van der Waals surface area (Å²) in [5, 5.41) is 0. The average Bonchev–Trinajstić information content (AvgIpc) is 1.81. The molecule has 0 aromatic rings. The van der Waals surface area contributed by atoms with Gasteiger partial charge in [0.15, 0.2) is 0 Å². The molecule has 0 aliphatic rings. The van der Waals surface area contributed by atoms with Gasteiger partial charge in [0.25, 0.3) is 0 Å². The molecule has 0 saturated heterocycles. The van der Waals surface area contributed by atoms with E-state index in [2.05, 4.69) is 0 Å². The van der Waals surface area contributed by atoms with E-state index in [0.29, 0.717) is 0 Å². The van der Waals surface area contributed by atoms with Crippen molar-refractivity contribution in [1.29, 1.82) is 0 Å². The van der Waals surface area contributed by atoms with Crippen LogP contribution in [0.4, 0.5) is 0 Å². The summed E-state index contributed by atoms with van der Waals surface area (Å²) >= 11 is 2.75. The van der Waals surface area contributed by atoms with Crippen molar-refractivity contribution in [3.05, 3.63) is 0 Å². The van der Waals surface area contributed by atoms with Crippen molar-refractivity contribution in [3.63, 3.8) is 0 Å². The van der Waals surface area contributed by atoms with Crippen molar-refractivity contribution in [2.75, 3.05) is 0 Å². The second-order valence-electron chi connectivity index (χ2n) is 0. The van der Waals surface area contributed by atoms with Crippen LogP contribution < -0.4 is 0 Å². The van der Waals surface area contributed by atoms with Gasteiger partial charge in [-0.15, -0.1) is 0 Å². The molecule has 3 nitrogen and oxygen atoms in total. The first-order chi connectivity index (χ1) is 3.00. The Morgan fingerprint density at radius 2 is 1.17 bits per heavy atom. The fourth-order valence-electron chi connectivity index (χ4n) is 0. The molecule has 0 spiro atoms. The third kappa shape index (κ3) is 108. The fraction of sp³-hybridized carbons (Fsp3) is 0. The second kappa shape index (κ2) is 207. The van der Waals surface area contributed by atoms with Crippen LogP contribution in [0.5, 0.6) is 0 Å². The van der Waals surface area contributed by atoms with E-state index in [-0.39, 0.29) is 0 Å². The first-order valence-electron chi connectivity index (χ1n) is 0.541. The molecule has 0 rings (SSSR count). The van der Waals surface area contributed by atoms with Crippen molar-refractivity contribution in [3.8, 4) is 0 Å². The summed E-state index contributed by atoms with van der Waals surface area (Å²) in [6, 6.07) is 0. The zero-order valence-corrected chi connectivity index (χ0v) is 6.13. The summed E-state index contributed by atoms with van der Waals surface area (Å²) in [5.74, 6) is 0. The molecule has 0 amide bonds. The molecule has 0 atom stereocenters. The quantitative estimate of drug-likeness (QED) is 0.401. The van der Waals surface area contributed by atoms with Crippen LogP contribution in [0.1, 0.15) is 0 Å². The molecule has 0 unspecified atom stereocenters. The van der Waals surface area contributed by atoms with E-state index in [1.807, 2.05) is 0 Å². The van der Waals surface area contributed by atoms with Crippen LogP contribution in [0.25, 0.3) is 0 Å². The van der Waals surface area contributed by atoms with E-state index in [0.717, 1.165) is 17.4 Å². The second-order valence-corrected chi connectivity index (χ2v) is 0. The molecule has 0 radical (unpaired) electrons. The molecular formula is HMnO3PV. The maximum atomic E-state index is 8.19. The topological polar surface area (TPSA) is 51.2 Å². The number of rotatable bonds is 0. The zero-order chi connectivity index (χ0) is 6.00. The van der Waals surface area contributed by atoms with Crippen LogP contribution in [0.15, 0.2) is 0 Å². The molecule has 0 aromatic heterocycles. The van der Waals surface area contributed by atoms with Gasteiger partial charge in [-0.3, -0.25) is 4.57 Å². The van der Waals surface area contributed by atoms with Gasteiger partial charge in [-0.05, 0) is 0 Å². The average molecular weight is 186 g/mol. The van der Waals surface area contributed by atoms with Crippen LogP contribution in [0.2, 0.25) is 0 Å². The predicted octanol–water partition coefficient (Wildman–Crippen LogP) is 0.232. The van der Waals surface area contributed by atoms with Crippen molar-refractivity contribution in [2.24, 2.45) is 0 Å². The SMILES string of the molecule is O=P.[O]=[Mn].[O]=[V]. The standard InChI is InChI=1S/Mn.HOP.2O.V/c;1-2;;;/h;2H;;;. The molecular weight excluding hydrogens is 185 g/mol. The summed E-state index contributed by atoms with van der Waals surface area (Å²) < 4.78 is 24.3. The molecule has 0 N–H and O–H groups in total. The summed E-state index contributed by atoms with van der Waals surface area (Å²) in [6.07, 6.45) is 0. The summed E-state index contributed by atoms with van der Waals surface area (Å²) in [5.41, 5.74) is 0. The maximum absolute atomic E-state index is 8.19. The molecule has 0 aliphatic heterocycles. The monoisotopic (exact) mass is 186 g/mol. The summed E-state index contributed by atoms with van der Waals surface area (Å²) in [6.45, 7) is 0.